The first kappa shape index (κ1) is 17.9. The topological polar surface area (TPSA) is 84.3 Å². The highest BCUT2D eigenvalue weighted by molar-refractivity contribution is 7.89. The second-order valence-corrected chi connectivity index (χ2v) is 7.51. The SMILES string of the molecule is CN(C)S(=O)(=O)c1ccccc1CNC(=O)/C=C\c1cnn(C)c1. The number of aryl methyl sites for hydroxylation is 1. The highest BCUT2D eigenvalue weighted by Gasteiger charge is 2.20. The molecule has 0 spiro atoms. The first-order valence-electron chi connectivity index (χ1n) is 7.25. The molecule has 0 unspecified atom stereocenters. The minimum absolute atomic E-state index is 0.124. The molecular weight excluding hydrogens is 328 g/mol. The Morgan fingerprint density at radius 2 is 2.04 bits per heavy atom. The smallest absolute Gasteiger partial charge is 0.244 e. The highest BCUT2D eigenvalue weighted by atomic mass is 32.2. The molecule has 0 saturated heterocycles. The maximum Gasteiger partial charge on any atom is 0.244 e. The molecule has 8 heteroatoms. The Balaban J connectivity index is 2.07. The van der Waals surface area contributed by atoms with E-state index in [1.165, 1.54) is 26.2 Å². The summed E-state index contributed by atoms with van der Waals surface area (Å²) in [6.07, 6.45) is 6.45. The van der Waals surface area contributed by atoms with Gasteiger partial charge in [-0.1, -0.05) is 18.2 Å². The van der Waals surface area contributed by atoms with E-state index in [1.807, 2.05) is 0 Å². The molecule has 128 valence electrons. The summed E-state index contributed by atoms with van der Waals surface area (Å²) < 4.78 is 27.4. The van der Waals surface area contributed by atoms with Crippen molar-refractivity contribution in [1.29, 1.82) is 0 Å². The number of carbonyl (C=O) groups excluding carboxylic acids is 1. The van der Waals surface area contributed by atoms with E-state index in [0.717, 1.165) is 9.87 Å². The van der Waals surface area contributed by atoms with Crippen LogP contribution in [-0.2, 0) is 28.4 Å². The number of nitrogens with one attached hydrogen (secondary N) is 1. The van der Waals surface area contributed by atoms with Crippen molar-refractivity contribution >= 4 is 22.0 Å². The Kier molecular flexibility index (Phi) is 5.53. The molecule has 0 aliphatic carbocycles. The van der Waals surface area contributed by atoms with Crippen LogP contribution < -0.4 is 5.32 Å². The highest BCUT2D eigenvalue weighted by Crippen LogP contribution is 2.18. The van der Waals surface area contributed by atoms with E-state index >= 15 is 0 Å². The summed E-state index contributed by atoms with van der Waals surface area (Å²) in [7, 11) is 1.18. The van der Waals surface area contributed by atoms with Crippen molar-refractivity contribution in [3.05, 3.63) is 53.9 Å². The lowest BCUT2D eigenvalue weighted by Crippen LogP contribution is -2.26. The molecule has 0 atom stereocenters. The molecule has 1 N–H and O–H groups in total. The van der Waals surface area contributed by atoms with Crippen molar-refractivity contribution in [2.24, 2.45) is 7.05 Å². The number of sulfonamides is 1. The molecule has 1 amide bonds. The largest absolute Gasteiger partial charge is 0.348 e. The Hall–Kier alpha value is -2.45. The second kappa shape index (κ2) is 7.41. The summed E-state index contributed by atoms with van der Waals surface area (Å²) >= 11 is 0. The molecule has 2 aromatic rings. The van der Waals surface area contributed by atoms with Crippen LogP contribution in [0.1, 0.15) is 11.1 Å². The predicted octanol–water partition coefficient (Wildman–Crippen LogP) is 1.00. The van der Waals surface area contributed by atoms with Crippen molar-refractivity contribution in [2.45, 2.75) is 11.4 Å². The Morgan fingerprint density at radius 3 is 2.67 bits per heavy atom. The van der Waals surface area contributed by atoms with Gasteiger partial charge >= 0.3 is 0 Å². The van der Waals surface area contributed by atoms with Gasteiger partial charge in [0.25, 0.3) is 0 Å². The van der Waals surface area contributed by atoms with Crippen LogP contribution in [0, 0.1) is 0 Å². The van der Waals surface area contributed by atoms with E-state index in [2.05, 4.69) is 10.4 Å². The van der Waals surface area contributed by atoms with Crippen LogP contribution in [0.4, 0.5) is 0 Å². The van der Waals surface area contributed by atoms with Gasteiger partial charge in [0.15, 0.2) is 0 Å². The van der Waals surface area contributed by atoms with Crippen LogP contribution in [0.3, 0.4) is 0 Å². The lowest BCUT2D eigenvalue weighted by atomic mass is 10.2. The van der Waals surface area contributed by atoms with Crippen molar-refractivity contribution < 1.29 is 13.2 Å². The van der Waals surface area contributed by atoms with Crippen LogP contribution in [0.2, 0.25) is 0 Å². The second-order valence-electron chi connectivity index (χ2n) is 5.39. The molecule has 0 bridgehead atoms. The zero-order valence-corrected chi connectivity index (χ0v) is 14.6. The first-order chi connectivity index (χ1) is 11.3. The third-order valence-corrected chi connectivity index (χ3v) is 5.25. The van der Waals surface area contributed by atoms with Crippen molar-refractivity contribution in [1.82, 2.24) is 19.4 Å². The molecule has 7 nitrogen and oxygen atoms in total. The van der Waals surface area contributed by atoms with Gasteiger partial charge < -0.3 is 5.32 Å². The van der Waals surface area contributed by atoms with Gasteiger partial charge in [0.05, 0.1) is 11.1 Å². The van der Waals surface area contributed by atoms with Gasteiger partial charge in [-0.15, -0.1) is 0 Å². The van der Waals surface area contributed by atoms with Crippen LogP contribution in [0.5, 0.6) is 0 Å². The Bertz CT molecular complexity index is 854. The van der Waals surface area contributed by atoms with E-state index in [4.69, 9.17) is 0 Å². The normalized spacial score (nSPS) is 12.0. The van der Waals surface area contributed by atoms with E-state index in [9.17, 15) is 13.2 Å². The molecule has 1 aromatic heterocycles. The van der Waals surface area contributed by atoms with Crippen LogP contribution >= 0.6 is 0 Å². The number of amides is 1. The number of benzene rings is 1. The number of nitrogens with zero attached hydrogens (tertiary/aromatic N) is 3. The summed E-state index contributed by atoms with van der Waals surface area (Å²) in [6.45, 7) is 0.124. The first-order valence-corrected chi connectivity index (χ1v) is 8.69. The molecule has 0 saturated carbocycles. The van der Waals surface area contributed by atoms with Gasteiger partial charge in [-0.25, -0.2) is 12.7 Å². The summed E-state index contributed by atoms with van der Waals surface area (Å²) in [6, 6.07) is 6.61. The van der Waals surface area contributed by atoms with E-state index < -0.39 is 10.0 Å². The van der Waals surface area contributed by atoms with Gasteiger partial charge in [-0.05, 0) is 17.7 Å². The lowest BCUT2D eigenvalue weighted by molar-refractivity contribution is -0.116. The number of carbonyl (C=O) groups is 1. The average Bonchev–Trinajstić information content (AvgIpc) is 2.96. The molecule has 1 aromatic carbocycles. The average molecular weight is 348 g/mol. The zero-order valence-electron chi connectivity index (χ0n) is 13.8. The molecular formula is C16H20N4O3S. The van der Waals surface area contributed by atoms with Gasteiger partial charge in [0.2, 0.25) is 15.9 Å². The standard InChI is InChI=1S/C16H20N4O3S/c1-19(2)24(22,23)15-7-5-4-6-14(15)11-17-16(21)9-8-13-10-18-20(3)12-13/h4-10,12H,11H2,1-3H3,(H,17,21)/b9-8-. The fraction of sp³-hybridized carbons (Fsp3) is 0.250. The molecule has 0 radical (unpaired) electrons. The minimum Gasteiger partial charge on any atom is -0.348 e. The monoisotopic (exact) mass is 348 g/mol. The molecule has 0 aliphatic rings. The fourth-order valence-corrected chi connectivity index (χ4v) is 3.15. The van der Waals surface area contributed by atoms with Crippen LogP contribution in [0.25, 0.3) is 6.08 Å². The van der Waals surface area contributed by atoms with E-state index in [0.29, 0.717) is 5.56 Å². The summed E-state index contributed by atoms with van der Waals surface area (Å²) in [5.74, 6) is -0.309. The Labute approximate surface area is 141 Å². The van der Waals surface area contributed by atoms with Crippen molar-refractivity contribution in [3.63, 3.8) is 0 Å². The summed E-state index contributed by atoms with van der Waals surface area (Å²) in [4.78, 5) is 12.1. The third kappa shape index (κ3) is 4.30. The van der Waals surface area contributed by atoms with Crippen LogP contribution in [0.15, 0.2) is 47.6 Å². The fourth-order valence-electron chi connectivity index (χ4n) is 2.04. The van der Waals surface area contributed by atoms with Gasteiger partial charge in [0, 0.05) is 45.5 Å². The van der Waals surface area contributed by atoms with E-state index in [-0.39, 0.29) is 17.3 Å². The summed E-state index contributed by atoms with van der Waals surface area (Å²) in [5, 5.41) is 6.70. The van der Waals surface area contributed by atoms with Crippen molar-refractivity contribution in [3.8, 4) is 0 Å². The van der Waals surface area contributed by atoms with Gasteiger partial charge in [-0.2, -0.15) is 5.10 Å². The number of hydrogen-bond acceptors (Lipinski definition) is 4. The molecule has 0 fully saturated rings. The predicted molar refractivity (Wildman–Crippen MR) is 91.4 cm³/mol. The van der Waals surface area contributed by atoms with Crippen molar-refractivity contribution in [2.75, 3.05) is 14.1 Å². The molecule has 2 rings (SSSR count). The number of aromatic nitrogens is 2. The van der Waals surface area contributed by atoms with E-state index in [1.54, 1.807) is 48.4 Å². The number of rotatable bonds is 6. The maximum absolute atomic E-state index is 12.3. The number of hydrogen-bond donors (Lipinski definition) is 1. The molecule has 0 aliphatic heterocycles. The lowest BCUT2D eigenvalue weighted by Gasteiger charge is -2.15. The minimum atomic E-state index is -3.55. The Morgan fingerprint density at radius 1 is 1.33 bits per heavy atom. The third-order valence-electron chi connectivity index (χ3n) is 3.34. The van der Waals surface area contributed by atoms with Crippen LogP contribution in [-0.4, -0.2) is 42.5 Å². The summed E-state index contributed by atoms with van der Waals surface area (Å²) in [5.41, 5.74) is 1.34. The molecule has 1 heterocycles. The zero-order chi connectivity index (χ0) is 17.7. The quantitative estimate of drug-likeness (QED) is 0.790. The molecule has 24 heavy (non-hydrogen) atoms. The van der Waals surface area contributed by atoms with Gasteiger partial charge in [-0.3, -0.25) is 9.48 Å². The van der Waals surface area contributed by atoms with Gasteiger partial charge in [0.1, 0.15) is 0 Å². The maximum atomic E-state index is 12.3.